The zero-order valence-electron chi connectivity index (χ0n) is 8.08. The summed E-state index contributed by atoms with van der Waals surface area (Å²) in [6.07, 6.45) is -3.01. The minimum absolute atomic E-state index is 0.0650. The Kier molecular flexibility index (Phi) is 3.52. The molecule has 0 saturated heterocycles. The zero-order valence-corrected chi connectivity index (χ0v) is 8.08. The van der Waals surface area contributed by atoms with Gasteiger partial charge in [0.1, 0.15) is 0 Å². The maximum Gasteiger partial charge on any atom is 0.422 e. The van der Waals surface area contributed by atoms with E-state index in [1.807, 2.05) is 0 Å². The van der Waals surface area contributed by atoms with Crippen LogP contribution in [0.15, 0.2) is 18.3 Å². The van der Waals surface area contributed by atoms with Crippen molar-refractivity contribution in [1.29, 1.82) is 0 Å². The first-order chi connectivity index (χ1) is 6.90. The molecule has 0 spiro atoms. The van der Waals surface area contributed by atoms with Gasteiger partial charge in [-0.15, -0.1) is 0 Å². The van der Waals surface area contributed by atoms with Gasteiger partial charge in [0.2, 0.25) is 5.88 Å². The summed E-state index contributed by atoms with van der Waals surface area (Å²) in [5.41, 5.74) is 6.01. The Hall–Kier alpha value is -1.30. The van der Waals surface area contributed by atoms with Crippen LogP contribution in [-0.4, -0.2) is 17.8 Å². The Morgan fingerprint density at radius 1 is 1.53 bits per heavy atom. The second-order valence-corrected chi connectivity index (χ2v) is 3.09. The Balaban J connectivity index is 2.76. The van der Waals surface area contributed by atoms with Crippen LogP contribution in [0.4, 0.5) is 13.2 Å². The lowest BCUT2D eigenvalue weighted by atomic mass is 10.1. The first kappa shape index (κ1) is 11.8. The van der Waals surface area contributed by atoms with E-state index in [9.17, 15) is 13.2 Å². The van der Waals surface area contributed by atoms with E-state index in [1.165, 1.54) is 6.20 Å². The van der Waals surface area contributed by atoms with E-state index in [2.05, 4.69) is 9.72 Å². The summed E-state index contributed by atoms with van der Waals surface area (Å²) in [4.78, 5) is 3.70. The van der Waals surface area contributed by atoms with Crippen LogP contribution in [0.3, 0.4) is 0 Å². The topological polar surface area (TPSA) is 48.1 Å². The van der Waals surface area contributed by atoms with Crippen molar-refractivity contribution in [2.75, 3.05) is 6.61 Å². The maximum absolute atomic E-state index is 11.9. The maximum atomic E-state index is 11.9. The molecule has 0 fully saturated rings. The number of hydrogen-bond acceptors (Lipinski definition) is 3. The molecule has 1 unspecified atom stereocenters. The highest BCUT2D eigenvalue weighted by atomic mass is 19.4. The molecule has 6 heteroatoms. The fraction of sp³-hybridized carbons (Fsp3) is 0.444. The van der Waals surface area contributed by atoms with Crippen LogP contribution in [-0.2, 0) is 0 Å². The minimum atomic E-state index is -4.37. The van der Waals surface area contributed by atoms with Gasteiger partial charge in [0, 0.05) is 17.8 Å². The number of halogens is 3. The van der Waals surface area contributed by atoms with Crippen molar-refractivity contribution in [1.82, 2.24) is 4.98 Å². The third-order valence-corrected chi connectivity index (χ3v) is 1.66. The standard InChI is InChI=1S/C9H11F3N2O/c1-6(13)7-3-2-4-14-8(7)15-5-9(10,11)12/h2-4,6H,5,13H2,1H3. The normalized spacial score (nSPS) is 13.7. The SMILES string of the molecule is CC(N)c1cccnc1OCC(F)(F)F. The molecule has 0 aromatic carbocycles. The third kappa shape index (κ3) is 3.75. The molecule has 2 N–H and O–H groups in total. The van der Waals surface area contributed by atoms with Crippen molar-refractivity contribution in [2.45, 2.75) is 19.1 Å². The molecule has 0 aliphatic carbocycles. The average Bonchev–Trinajstić information content (AvgIpc) is 2.14. The first-order valence-electron chi connectivity index (χ1n) is 4.30. The summed E-state index contributed by atoms with van der Waals surface area (Å²) >= 11 is 0. The molecular formula is C9H11F3N2O. The van der Waals surface area contributed by atoms with Gasteiger partial charge < -0.3 is 10.5 Å². The zero-order chi connectivity index (χ0) is 11.5. The van der Waals surface area contributed by atoms with Gasteiger partial charge in [-0.3, -0.25) is 0 Å². The summed E-state index contributed by atoms with van der Waals surface area (Å²) in [6.45, 7) is 0.293. The number of nitrogens with two attached hydrogens (primary N) is 1. The van der Waals surface area contributed by atoms with Gasteiger partial charge in [-0.1, -0.05) is 6.07 Å². The summed E-state index contributed by atoms with van der Waals surface area (Å²) < 4.78 is 40.2. The molecule has 1 rings (SSSR count). The Labute approximate surface area is 85.1 Å². The van der Waals surface area contributed by atoms with Gasteiger partial charge >= 0.3 is 6.18 Å². The van der Waals surface area contributed by atoms with E-state index in [-0.39, 0.29) is 5.88 Å². The van der Waals surface area contributed by atoms with E-state index < -0.39 is 18.8 Å². The molecule has 0 aliphatic heterocycles. The van der Waals surface area contributed by atoms with Gasteiger partial charge in [0.25, 0.3) is 0 Å². The molecule has 0 radical (unpaired) electrons. The largest absolute Gasteiger partial charge is 0.468 e. The van der Waals surface area contributed by atoms with Crippen LogP contribution >= 0.6 is 0 Å². The van der Waals surface area contributed by atoms with E-state index in [1.54, 1.807) is 19.1 Å². The smallest absolute Gasteiger partial charge is 0.422 e. The third-order valence-electron chi connectivity index (χ3n) is 1.66. The quantitative estimate of drug-likeness (QED) is 0.847. The molecule has 15 heavy (non-hydrogen) atoms. The van der Waals surface area contributed by atoms with E-state index in [4.69, 9.17) is 5.73 Å². The van der Waals surface area contributed by atoms with Gasteiger partial charge in [-0.2, -0.15) is 13.2 Å². The van der Waals surface area contributed by atoms with Crippen LogP contribution in [0.2, 0.25) is 0 Å². The molecule has 1 aromatic heterocycles. The summed E-state index contributed by atoms with van der Waals surface area (Å²) in [5, 5.41) is 0. The van der Waals surface area contributed by atoms with Crippen molar-refractivity contribution in [3.63, 3.8) is 0 Å². The van der Waals surface area contributed by atoms with Crippen molar-refractivity contribution < 1.29 is 17.9 Å². The van der Waals surface area contributed by atoms with Gasteiger partial charge in [0.05, 0.1) is 0 Å². The molecule has 0 saturated carbocycles. The number of alkyl halides is 3. The van der Waals surface area contributed by atoms with Crippen LogP contribution in [0, 0.1) is 0 Å². The summed E-state index contributed by atoms with van der Waals surface area (Å²) in [5.74, 6) is -0.0650. The minimum Gasteiger partial charge on any atom is -0.468 e. The number of hydrogen-bond donors (Lipinski definition) is 1. The highest BCUT2D eigenvalue weighted by Crippen LogP contribution is 2.23. The Morgan fingerprint density at radius 2 is 2.20 bits per heavy atom. The van der Waals surface area contributed by atoms with Crippen LogP contribution in [0.5, 0.6) is 5.88 Å². The van der Waals surface area contributed by atoms with Crippen molar-refractivity contribution in [2.24, 2.45) is 5.73 Å². The van der Waals surface area contributed by atoms with Crippen molar-refractivity contribution >= 4 is 0 Å². The molecular weight excluding hydrogens is 209 g/mol. The second kappa shape index (κ2) is 4.48. The molecule has 0 aliphatic rings. The van der Waals surface area contributed by atoms with E-state index >= 15 is 0 Å². The highest BCUT2D eigenvalue weighted by molar-refractivity contribution is 5.28. The number of pyridine rings is 1. The lowest BCUT2D eigenvalue weighted by molar-refractivity contribution is -0.154. The fourth-order valence-electron chi connectivity index (χ4n) is 1.02. The Bertz CT molecular complexity index is 325. The number of aromatic nitrogens is 1. The molecule has 0 bridgehead atoms. The van der Waals surface area contributed by atoms with Crippen LogP contribution < -0.4 is 10.5 Å². The lowest BCUT2D eigenvalue weighted by Crippen LogP contribution is -2.21. The molecule has 84 valence electrons. The predicted molar refractivity (Wildman–Crippen MR) is 48.4 cm³/mol. The molecule has 0 amide bonds. The van der Waals surface area contributed by atoms with Gasteiger partial charge in [-0.05, 0) is 13.0 Å². The summed E-state index contributed by atoms with van der Waals surface area (Å²) in [7, 11) is 0. The highest BCUT2D eigenvalue weighted by Gasteiger charge is 2.29. The predicted octanol–water partition coefficient (Wildman–Crippen LogP) is 2.04. The molecule has 1 heterocycles. The molecule has 1 atom stereocenters. The van der Waals surface area contributed by atoms with E-state index in [0.29, 0.717) is 5.56 Å². The fourth-order valence-corrected chi connectivity index (χ4v) is 1.02. The number of rotatable bonds is 3. The monoisotopic (exact) mass is 220 g/mol. The van der Waals surface area contributed by atoms with Crippen molar-refractivity contribution in [3.05, 3.63) is 23.9 Å². The number of ether oxygens (including phenoxy) is 1. The molecule has 1 aromatic rings. The molecule has 3 nitrogen and oxygen atoms in total. The lowest BCUT2D eigenvalue weighted by Gasteiger charge is -2.13. The van der Waals surface area contributed by atoms with Crippen LogP contribution in [0.25, 0.3) is 0 Å². The van der Waals surface area contributed by atoms with Gasteiger partial charge in [-0.25, -0.2) is 4.98 Å². The first-order valence-corrected chi connectivity index (χ1v) is 4.30. The average molecular weight is 220 g/mol. The number of nitrogens with zero attached hydrogens (tertiary/aromatic N) is 1. The van der Waals surface area contributed by atoms with Gasteiger partial charge in [0.15, 0.2) is 6.61 Å². The Morgan fingerprint density at radius 3 is 2.73 bits per heavy atom. The summed E-state index contributed by atoms with van der Waals surface area (Å²) in [6, 6.07) is 2.77. The van der Waals surface area contributed by atoms with Crippen LogP contribution in [0.1, 0.15) is 18.5 Å². The van der Waals surface area contributed by atoms with E-state index in [0.717, 1.165) is 0 Å². The van der Waals surface area contributed by atoms with Crippen molar-refractivity contribution in [3.8, 4) is 5.88 Å². The second-order valence-electron chi connectivity index (χ2n) is 3.09.